The predicted octanol–water partition coefficient (Wildman–Crippen LogP) is 4.11. The number of hydrogen-bond donors (Lipinski definition) is 1. The van der Waals surface area contributed by atoms with E-state index in [4.69, 9.17) is 4.74 Å². The van der Waals surface area contributed by atoms with Crippen LogP contribution in [0.4, 0.5) is 9.52 Å². The summed E-state index contributed by atoms with van der Waals surface area (Å²) in [5.41, 5.74) is 0.945. The second-order valence-electron chi connectivity index (χ2n) is 4.99. The lowest BCUT2D eigenvalue weighted by atomic mass is 10.2. The molecular weight excluding hydrogens is 341 g/mol. The van der Waals surface area contributed by atoms with Gasteiger partial charge in [-0.15, -0.1) is 10.2 Å². The fourth-order valence-electron chi connectivity index (χ4n) is 2.04. The van der Waals surface area contributed by atoms with E-state index in [1.165, 1.54) is 29.5 Å². The molecule has 0 fully saturated rings. The van der Waals surface area contributed by atoms with Crippen LogP contribution in [-0.2, 0) is 0 Å². The minimum Gasteiger partial charge on any atom is -0.497 e. The van der Waals surface area contributed by atoms with Gasteiger partial charge in [0.05, 0.1) is 12.7 Å². The van der Waals surface area contributed by atoms with Crippen LogP contribution in [0.2, 0.25) is 0 Å². The molecule has 0 aliphatic carbocycles. The third-order valence-electron chi connectivity index (χ3n) is 3.31. The molecule has 0 saturated heterocycles. The average Bonchev–Trinajstić information content (AvgIpc) is 3.08. The monoisotopic (exact) mass is 355 g/mol. The summed E-state index contributed by atoms with van der Waals surface area (Å²) < 4.78 is 18.7. The fraction of sp³-hybridized carbons (Fsp3) is 0.0556. The first-order valence-corrected chi connectivity index (χ1v) is 8.19. The van der Waals surface area contributed by atoms with E-state index in [1.807, 2.05) is 30.3 Å². The number of nitrogens with zero attached hydrogens (tertiary/aromatic N) is 2. The fourth-order valence-corrected chi connectivity index (χ4v) is 2.69. The maximum Gasteiger partial charge on any atom is 0.260 e. The number of carbonyl (C=O) groups is 1. The highest BCUT2D eigenvalue weighted by molar-refractivity contribution is 7.16. The summed E-state index contributed by atoms with van der Waals surface area (Å²) in [4.78, 5) is 12.0. The molecule has 1 N–H and O–H groups in total. The molecule has 0 spiro atoms. The Morgan fingerprint density at radius 1 is 1.12 bits per heavy atom. The summed E-state index contributed by atoms with van der Waals surface area (Å²) in [7, 11) is 1.61. The quantitative estimate of drug-likeness (QED) is 0.748. The van der Waals surface area contributed by atoms with E-state index in [2.05, 4.69) is 15.5 Å². The Hall–Kier alpha value is -3.06. The summed E-state index contributed by atoms with van der Waals surface area (Å²) in [5, 5.41) is 11.4. The molecule has 0 radical (unpaired) electrons. The maximum absolute atomic E-state index is 13.6. The van der Waals surface area contributed by atoms with Crippen LogP contribution in [0.3, 0.4) is 0 Å². The van der Waals surface area contributed by atoms with Crippen molar-refractivity contribution in [2.45, 2.75) is 0 Å². The molecule has 1 heterocycles. The highest BCUT2D eigenvalue weighted by Gasteiger charge is 2.13. The van der Waals surface area contributed by atoms with E-state index < -0.39 is 11.7 Å². The van der Waals surface area contributed by atoms with Gasteiger partial charge in [0.2, 0.25) is 5.13 Å². The largest absolute Gasteiger partial charge is 0.497 e. The number of hydrogen-bond acceptors (Lipinski definition) is 5. The molecule has 0 aliphatic rings. The van der Waals surface area contributed by atoms with Crippen LogP contribution in [0.5, 0.6) is 5.75 Å². The van der Waals surface area contributed by atoms with Gasteiger partial charge in [-0.3, -0.25) is 10.1 Å². The van der Waals surface area contributed by atoms with E-state index in [9.17, 15) is 9.18 Å². The van der Waals surface area contributed by atoms with Gasteiger partial charge < -0.3 is 4.74 Å². The predicted molar refractivity (Wildman–Crippen MR) is 96.2 cm³/mol. The summed E-state index contributed by atoms with van der Waals surface area (Å²) >= 11 is 1.20. The van der Waals surface area contributed by atoms with Gasteiger partial charge in [-0.1, -0.05) is 41.7 Å². The molecule has 0 bridgehead atoms. The molecular formula is C18H14FN3O2S. The summed E-state index contributed by atoms with van der Waals surface area (Å²) in [6.45, 7) is 0. The Kier molecular flexibility index (Phi) is 5.15. The summed E-state index contributed by atoms with van der Waals surface area (Å²) in [6.07, 6.45) is 3.67. The van der Waals surface area contributed by atoms with E-state index in [0.717, 1.165) is 11.3 Å². The zero-order chi connectivity index (χ0) is 17.6. The van der Waals surface area contributed by atoms with Gasteiger partial charge in [-0.25, -0.2) is 4.39 Å². The lowest BCUT2D eigenvalue weighted by molar-refractivity contribution is 0.102. The first-order chi connectivity index (χ1) is 12.2. The molecule has 0 unspecified atom stereocenters. The van der Waals surface area contributed by atoms with Crippen LogP contribution in [0.15, 0.2) is 48.5 Å². The number of anilines is 1. The molecule has 3 aromatic rings. The lowest BCUT2D eigenvalue weighted by Crippen LogP contribution is -2.13. The van der Waals surface area contributed by atoms with Gasteiger partial charge in [0.1, 0.15) is 16.6 Å². The number of carbonyl (C=O) groups excluding carboxylic acids is 1. The first-order valence-electron chi connectivity index (χ1n) is 7.37. The molecule has 1 amide bonds. The maximum atomic E-state index is 13.6. The molecule has 1 aromatic heterocycles. The zero-order valence-corrected chi connectivity index (χ0v) is 14.1. The lowest BCUT2D eigenvalue weighted by Gasteiger charge is -2.01. The Labute approximate surface area is 147 Å². The second kappa shape index (κ2) is 7.67. The number of aromatic nitrogens is 2. The molecule has 0 aliphatic heterocycles. The van der Waals surface area contributed by atoms with Crippen LogP contribution in [0.1, 0.15) is 20.9 Å². The summed E-state index contributed by atoms with van der Waals surface area (Å²) in [5.74, 6) is -0.352. The van der Waals surface area contributed by atoms with Crippen molar-refractivity contribution in [1.82, 2.24) is 10.2 Å². The third-order valence-corrected chi connectivity index (χ3v) is 4.12. The minimum absolute atomic E-state index is 0.0342. The zero-order valence-electron chi connectivity index (χ0n) is 13.3. The van der Waals surface area contributed by atoms with Crippen molar-refractivity contribution in [3.63, 3.8) is 0 Å². The minimum atomic E-state index is -0.579. The number of halogens is 1. The molecule has 2 aromatic carbocycles. The molecule has 7 heteroatoms. The van der Waals surface area contributed by atoms with E-state index >= 15 is 0 Å². The second-order valence-corrected chi connectivity index (χ2v) is 6.00. The number of nitrogens with one attached hydrogen (secondary N) is 1. The number of methoxy groups -OCH3 is 1. The van der Waals surface area contributed by atoms with E-state index in [1.54, 1.807) is 19.3 Å². The highest BCUT2D eigenvalue weighted by atomic mass is 32.1. The van der Waals surface area contributed by atoms with Gasteiger partial charge in [0, 0.05) is 0 Å². The van der Waals surface area contributed by atoms with Crippen LogP contribution in [0, 0.1) is 5.82 Å². The normalized spacial score (nSPS) is 10.8. The molecule has 3 rings (SSSR count). The topological polar surface area (TPSA) is 64.1 Å². The van der Waals surface area contributed by atoms with Crippen molar-refractivity contribution < 1.29 is 13.9 Å². The van der Waals surface area contributed by atoms with Crippen molar-refractivity contribution in [2.75, 3.05) is 12.4 Å². The standard InChI is InChI=1S/C18H14FN3O2S/c1-24-13-9-6-12(7-10-13)8-11-16-21-22-18(25-16)20-17(23)14-4-2-3-5-15(14)19/h2-11H,1H3,(H,20,22,23)/b11-8+. The van der Waals surface area contributed by atoms with Crippen LogP contribution >= 0.6 is 11.3 Å². The SMILES string of the molecule is COc1ccc(/C=C/c2nnc(NC(=O)c3ccccc3F)s2)cc1. The molecule has 5 nitrogen and oxygen atoms in total. The van der Waals surface area contributed by atoms with Crippen molar-refractivity contribution in [3.8, 4) is 5.75 Å². The highest BCUT2D eigenvalue weighted by Crippen LogP contribution is 2.20. The Balaban J connectivity index is 1.66. The van der Waals surface area contributed by atoms with Gasteiger partial charge in [0.25, 0.3) is 5.91 Å². The van der Waals surface area contributed by atoms with Crippen LogP contribution in [0.25, 0.3) is 12.2 Å². The number of benzene rings is 2. The Bertz CT molecular complexity index is 907. The van der Waals surface area contributed by atoms with Gasteiger partial charge in [-0.2, -0.15) is 0 Å². The van der Waals surface area contributed by atoms with Crippen molar-refractivity contribution in [1.29, 1.82) is 0 Å². The molecule has 0 saturated carbocycles. The van der Waals surface area contributed by atoms with Crippen LogP contribution in [-0.4, -0.2) is 23.2 Å². The van der Waals surface area contributed by atoms with Crippen molar-refractivity contribution >= 4 is 34.5 Å². The third kappa shape index (κ3) is 4.27. The van der Waals surface area contributed by atoms with Gasteiger partial charge in [-0.05, 0) is 35.9 Å². The van der Waals surface area contributed by atoms with Crippen molar-refractivity contribution in [2.24, 2.45) is 0 Å². The smallest absolute Gasteiger partial charge is 0.260 e. The summed E-state index contributed by atoms with van der Waals surface area (Å²) in [6, 6.07) is 13.3. The Morgan fingerprint density at radius 3 is 2.60 bits per heavy atom. The molecule has 25 heavy (non-hydrogen) atoms. The van der Waals surface area contributed by atoms with Gasteiger partial charge in [0.15, 0.2) is 0 Å². The molecule has 126 valence electrons. The number of ether oxygens (including phenoxy) is 1. The van der Waals surface area contributed by atoms with E-state index in [0.29, 0.717) is 10.1 Å². The number of rotatable bonds is 5. The van der Waals surface area contributed by atoms with Crippen LogP contribution < -0.4 is 10.1 Å². The van der Waals surface area contributed by atoms with Gasteiger partial charge >= 0.3 is 0 Å². The van der Waals surface area contributed by atoms with Crippen molar-refractivity contribution in [3.05, 3.63) is 70.5 Å². The average molecular weight is 355 g/mol. The molecule has 0 atom stereocenters. The van der Waals surface area contributed by atoms with E-state index in [-0.39, 0.29) is 5.56 Å². The first kappa shape index (κ1) is 16.8. The number of amides is 1. The Morgan fingerprint density at radius 2 is 1.88 bits per heavy atom.